The molecular weight excluding hydrogens is 388 g/mol. The smallest absolute Gasteiger partial charge is 0.323 e. The second kappa shape index (κ2) is 7.85. The van der Waals surface area contributed by atoms with Gasteiger partial charge in [0.15, 0.2) is 0 Å². The Labute approximate surface area is 173 Å². The molecule has 2 N–H and O–H groups in total. The zero-order chi connectivity index (χ0) is 20.4. The molecule has 0 unspecified atom stereocenters. The second-order valence-corrected chi connectivity index (χ2v) is 6.89. The lowest BCUT2D eigenvalue weighted by Crippen LogP contribution is -2.19. The number of hydrogen-bond acceptors (Lipinski definition) is 3. The fourth-order valence-electron chi connectivity index (χ4n) is 3.30. The summed E-state index contributed by atoms with van der Waals surface area (Å²) >= 11 is 6.29. The maximum Gasteiger partial charge on any atom is 0.323 e. The van der Waals surface area contributed by atoms with Gasteiger partial charge in [-0.15, -0.1) is 0 Å². The maximum absolute atomic E-state index is 12.6. The van der Waals surface area contributed by atoms with Gasteiger partial charge in [-0.05, 0) is 29.7 Å². The number of hydrogen-bond donors (Lipinski definition) is 2. The van der Waals surface area contributed by atoms with Gasteiger partial charge >= 0.3 is 6.03 Å². The quantitative estimate of drug-likeness (QED) is 0.467. The van der Waals surface area contributed by atoms with Crippen molar-refractivity contribution in [1.82, 2.24) is 9.78 Å². The third-order valence-electron chi connectivity index (χ3n) is 4.64. The molecule has 0 saturated carbocycles. The summed E-state index contributed by atoms with van der Waals surface area (Å²) in [6.07, 6.45) is 1.57. The number of nitrogens with one attached hydrogen (secondary N) is 2. The molecule has 7 heteroatoms. The average Bonchev–Trinajstić information content (AvgIpc) is 3.06. The van der Waals surface area contributed by atoms with Gasteiger partial charge in [-0.25, -0.2) is 4.79 Å². The number of methoxy groups -OCH3 is 1. The Balaban J connectivity index is 1.61. The van der Waals surface area contributed by atoms with E-state index in [9.17, 15) is 4.79 Å². The van der Waals surface area contributed by atoms with Crippen LogP contribution >= 0.6 is 11.6 Å². The van der Waals surface area contributed by atoms with Crippen LogP contribution in [-0.4, -0.2) is 22.9 Å². The zero-order valence-electron chi connectivity index (χ0n) is 15.9. The molecule has 4 rings (SSSR count). The van der Waals surface area contributed by atoms with E-state index in [1.165, 1.54) is 0 Å². The highest BCUT2D eigenvalue weighted by atomic mass is 35.5. The molecule has 3 aromatic carbocycles. The normalized spacial score (nSPS) is 10.7. The minimum Gasteiger partial charge on any atom is -0.496 e. The lowest BCUT2D eigenvalue weighted by molar-refractivity contribution is 0.262. The maximum atomic E-state index is 12.6. The largest absolute Gasteiger partial charge is 0.496 e. The number of benzene rings is 3. The Morgan fingerprint density at radius 1 is 1.07 bits per heavy atom. The van der Waals surface area contributed by atoms with E-state index in [1.807, 2.05) is 48.5 Å². The van der Waals surface area contributed by atoms with Crippen LogP contribution in [0.2, 0.25) is 5.02 Å². The SMILES string of the molecule is COc1ccc(NC(=O)Nc2cccc3ccccc23)cc1-c1c(Cl)cnn1C. The first-order chi connectivity index (χ1) is 14.1. The topological polar surface area (TPSA) is 68.2 Å². The Hall–Kier alpha value is -3.51. The number of fused-ring (bicyclic) bond motifs is 1. The first-order valence-corrected chi connectivity index (χ1v) is 9.36. The van der Waals surface area contributed by atoms with E-state index in [0.29, 0.717) is 22.2 Å². The summed E-state index contributed by atoms with van der Waals surface area (Å²) < 4.78 is 7.12. The summed E-state index contributed by atoms with van der Waals surface area (Å²) in [7, 11) is 3.39. The summed E-state index contributed by atoms with van der Waals surface area (Å²) in [4.78, 5) is 12.6. The number of amides is 2. The number of carbonyl (C=O) groups excluding carboxylic acids is 1. The summed E-state index contributed by atoms with van der Waals surface area (Å²) in [6.45, 7) is 0. The molecule has 0 aliphatic heterocycles. The highest BCUT2D eigenvalue weighted by Crippen LogP contribution is 2.36. The molecule has 0 fully saturated rings. The van der Waals surface area contributed by atoms with Gasteiger partial charge in [0.1, 0.15) is 5.75 Å². The van der Waals surface area contributed by atoms with Crippen molar-refractivity contribution >= 4 is 39.8 Å². The van der Waals surface area contributed by atoms with Gasteiger partial charge in [-0.2, -0.15) is 5.10 Å². The molecule has 0 radical (unpaired) electrons. The van der Waals surface area contributed by atoms with Crippen molar-refractivity contribution in [2.45, 2.75) is 0 Å². The van der Waals surface area contributed by atoms with Gasteiger partial charge in [0.05, 0.1) is 29.7 Å². The lowest BCUT2D eigenvalue weighted by atomic mass is 10.1. The number of anilines is 2. The predicted octanol–water partition coefficient (Wildman–Crippen LogP) is 5.55. The van der Waals surface area contributed by atoms with E-state index in [0.717, 1.165) is 22.0 Å². The summed E-state index contributed by atoms with van der Waals surface area (Å²) in [5, 5.41) is 12.5. The molecule has 0 spiro atoms. The molecule has 6 nitrogen and oxygen atoms in total. The van der Waals surface area contributed by atoms with Crippen LogP contribution in [0.5, 0.6) is 5.75 Å². The van der Waals surface area contributed by atoms with Crippen molar-refractivity contribution in [3.05, 3.63) is 71.9 Å². The van der Waals surface area contributed by atoms with Gasteiger partial charge in [0.25, 0.3) is 0 Å². The Morgan fingerprint density at radius 3 is 2.62 bits per heavy atom. The number of halogens is 1. The van der Waals surface area contributed by atoms with Crippen LogP contribution in [0.1, 0.15) is 0 Å². The van der Waals surface area contributed by atoms with Crippen molar-refractivity contribution in [2.75, 3.05) is 17.7 Å². The Kier molecular flexibility index (Phi) is 5.10. The van der Waals surface area contributed by atoms with E-state index in [-0.39, 0.29) is 6.03 Å². The Morgan fingerprint density at radius 2 is 1.86 bits per heavy atom. The van der Waals surface area contributed by atoms with Crippen LogP contribution in [0.25, 0.3) is 22.0 Å². The Bertz CT molecular complexity index is 1180. The van der Waals surface area contributed by atoms with Gasteiger partial charge < -0.3 is 15.4 Å². The summed E-state index contributed by atoms with van der Waals surface area (Å²) in [5.74, 6) is 0.635. The molecule has 4 aromatic rings. The van der Waals surface area contributed by atoms with E-state index in [2.05, 4.69) is 15.7 Å². The fraction of sp³-hybridized carbons (Fsp3) is 0.0909. The van der Waals surface area contributed by atoms with Crippen molar-refractivity contribution in [3.63, 3.8) is 0 Å². The van der Waals surface area contributed by atoms with Crippen LogP contribution in [0.3, 0.4) is 0 Å². The lowest BCUT2D eigenvalue weighted by Gasteiger charge is -2.14. The first kappa shape index (κ1) is 18.8. The van der Waals surface area contributed by atoms with Crippen LogP contribution in [0, 0.1) is 0 Å². The van der Waals surface area contributed by atoms with E-state index >= 15 is 0 Å². The third-order valence-corrected chi connectivity index (χ3v) is 4.92. The third kappa shape index (κ3) is 3.75. The van der Waals surface area contributed by atoms with Crippen molar-refractivity contribution in [3.8, 4) is 17.0 Å². The summed E-state index contributed by atoms with van der Waals surface area (Å²) in [6, 6.07) is 18.7. The first-order valence-electron chi connectivity index (χ1n) is 8.98. The minimum absolute atomic E-state index is 0.339. The van der Waals surface area contributed by atoms with Crippen LogP contribution in [0.15, 0.2) is 66.9 Å². The molecular formula is C22H19ClN4O2. The standard InChI is InChI=1S/C22H19ClN4O2/c1-27-21(18(23)13-24-27)17-12-15(10-11-20(17)29-2)25-22(28)26-19-9-5-7-14-6-3-4-8-16(14)19/h3-13H,1-2H3,(H2,25,26,28). The highest BCUT2D eigenvalue weighted by Gasteiger charge is 2.16. The molecule has 146 valence electrons. The van der Waals surface area contributed by atoms with Crippen molar-refractivity contribution < 1.29 is 9.53 Å². The van der Waals surface area contributed by atoms with Crippen molar-refractivity contribution in [2.24, 2.45) is 7.05 Å². The van der Waals surface area contributed by atoms with Gasteiger partial charge in [-0.1, -0.05) is 48.0 Å². The number of carbonyl (C=O) groups is 1. The van der Waals surface area contributed by atoms with E-state index in [4.69, 9.17) is 16.3 Å². The molecule has 0 saturated heterocycles. The fourth-order valence-corrected chi connectivity index (χ4v) is 3.57. The van der Waals surface area contributed by atoms with Crippen LogP contribution in [0.4, 0.5) is 16.2 Å². The second-order valence-electron chi connectivity index (χ2n) is 6.49. The number of aryl methyl sites for hydroxylation is 1. The molecule has 0 aliphatic rings. The van der Waals surface area contributed by atoms with Crippen molar-refractivity contribution in [1.29, 1.82) is 0 Å². The van der Waals surface area contributed by atoms with Crippen LogP contribution < -0.4 is 15.4 Å². The van der Waals surface area contributed by atoms with E-state index in [1.54, 1.807) is 37.2 Å². The molecule has 29 heavy (non-hydrogen) atoms. The molecule has 2 amide bonds. The van der Waals surface area contributed by atoms with Gasteiger partial charge in [0.2, 0.25) is 0 Å². The molecule has 0 aliphatic carbocycles. The minimum atomic E-state index is -0.339. The number of rotatable bonds is 4. The van der Waals surface area contributed by atoms with Gasteiger partial charge in [-0.3, -0.25) is 4.68 Å². The number of urea groups is 1. The number of aromatic nitrogens is 2. The molecule has 0 bridgehead atoms. The number of ether oxygens (including phenoxy) is 1. The van der Waals surface area contributed by atoms with Gasteiger partial charge in [0, 0.05) is 23.7 Å². The number of nitrogens with zero attached hydrogens (tertiary/aromatic N) is 2. The van der Waals surface area contributed by atoms with Crippen LogP contribution in [-0.2, 0) is 7.05 Å². The average molecular weight is 407 g/mol. The molecule has 0 atom stereocenters. The summed E-state index contributed by atoms with van der Waals surface area (Å²) in [5.41, 5.74) is 2.79. The monoisotopic (exact) mass is 406 g/mol. The molecule has 1 heterocycles. The van der Waals surface area contributed by atoms with E-state index < -0.39 is 0 Å². The highest BCUT2D eigenvalue weighted by molar-refractivity contribution is 6.33. The zero-order valence-corrected chi connectivity index (χ0v) is 16.7. The predicted molar refractivity (Wildman–Crippen MR) is 117 cm³/mol. The molecule has 1 aromatic heterocycles.